The number of ether oxygens (including phenoxy) is 1. The van der Waals surface area contributed by atoms with E-state index in [1.54, 1.807) is 0 Å². The molecule has 1 aliphatic carbocycles. The van der Waals surface area contributed by atoms with Gasteiger partial charge in [0.25, 0.3) is 0 Å². The van der Waals surface area contributed by atoms with Crippen LogP contribution in [-0.4, -0.2) is 23.3 Å². The highest BCUT2D eigenvalue weighted by molar-refractivity contribution is 5.75. The third kappa shape index (κ3) is 5.14. The molecule has 0 aromatic heterocycles. The highest BCUT2D eigenvalue weighted by Crippen LogP contribution is 2.42. The minimum absolute atomic E-state index is 0.0372. The zero-order chi connectivity index (χ0) is 16.4. The average Bonchev–Trinajstić information content (AvgIpc) is 2.24. The fourth-order valence-corrected chi connectivity index (χ4v) is 3.16. The molecule has 0 aliphatic heterocycles. The van der Waals surface area contributed by atoms with Crippen molar-refractivity contribution < 1.29 is 14.6 Å². The third-order valence-electron chi connectivity index (χ3n) is 4.34. The van der Waals surface area contributed by atoms with E-state index in [4.69, 9.17) is 4.74 Å². The lowest BCUT2D eigenvalue weighted by Gasteiger charge is -2.37. The first-order chi connectivity index (χ1) is 9.43. The highest BCUT2D eigenvalue weighted by atomic mass is 16.5. The van der Waals surface area contributed by atoms with E-state index in [2.05, 4.69) is 20.8 Å². The maximum Gasteiger partial charge on any atom is 0.311 e. The van der Waals surface area contributed by atoms with Gasteiger partial charge >= 0.3 is 5.97 Å². The summed E-state index contributed by atoms with van der Waals surface area (Å²) < 4.78 is 5.52. The third-order valence-corrected chi connectivity index (χ3v) is 4.34. The van der Waals surface area contributed by atoms with Crippen LogP contribution < -0.4 is 0 Å². The molecule has 21 heavy (non-hydrogen) atoms. The number of aliphatic hydroxyl groups is 1. The summed E-state index contributed by atoms with van der Waals surface area (Å²) in [6, 6.07) is 0. The van der Waals surface area contributed by atoms with Gasteiger partial charge in [0, 0.05) is 0 Å². The van der Waals surface area contributed by atoms with E-state index in [9.17, 15) is 9.90 Å². The van der Waals surface area contributed by atoms with E-state index in [0.29, 0.717) is 0 Å². The van der Waals surface area contributed by atoms with E-state index >= 15 is 0 Å². The number of hydrogen-bond acceptors (Lipinski definition) is 3. The van der Waals surface area contributed by atoms with Crippen LogP contribution in [0.2, 0.25) is 0 Å². The fraction of sp³-hybridized carbons (Fsp3) is 0.833. The number of hydrogen-bond donors (Lipinski definition) is 1. The SMILES string of the molecule is CC1=C(CC[C@@H](C)OC(=O)C(C)(C)C)C(C)(C)C[C@H](O)C1. The van der Waals surface area contributed by atoms with Gasteiger partial charge in [-0.2, -0.15) is 0 Å². The molecular formula is C18H32O3. The van der Waals surface area contributed by atoms with E-state index in [1.165, 1.54) is 11.1 Å². The molecule has 0 spiro atoms. The van der Waals surface area contributed by atoms with Gasteiger partial charge in [0.1, 0.15) is 0 Å². The largest absolute Gasteiger partial charge is 0.462 e. The molecule has 1 N–H and O–H groups in total. The fourth-order valence-electron chi connectivity index (χ4n) is 3.16. The first kappa shape index (κ1) is 18.2. The van der Waals surface area contributed by atoms with Gasteiger partial charge in [-0.15, -0.1) is 0 Å². The Balaban J connectivity index is 2.62. The summed E-state index contributed by atoms with van der Waals surface area (Å²) in [5.41, 5.74) is 2.31. The van der Waals surface area contributed by atoms with Crippen LogP contribution in [0.25, 0.3) is 0 Å². The monoisotopic (exact) mass is 296 g/mol. The van der Waals surface area contributed by atoms with Gasteiger partial charge in [0.05, 0.1) is 17.6 Å². The van der Waals surface area contributed by atoms with Crippen molar-refractivity contribution in [2.75, 3.05) is 0 Å². The molecular weight excluding hydrogens is 264 g/mol. The van der Waals surface area contributed by atoms with Crippen LogP contribution in [0.3, 0.4) is 0 Å². The van der Waals surface area contributed by atoms with Gasteiger partial charge in [0.15, 0.2) is 0 Å². The molecule has 0 bridgehead atoms. The van der Waals surface area contributed by atoms with Gasteiger partial charge in [0.2, 0.25) is 0 Å². The zero-order valence-electron chi connectivity index (χ0n) is 14.7. The number of carbonyl (C=O) groups is 1. The van der Waals surface area contributed by atoms with E-state index in [0.717, 1.165) is 25.7 Å². The molecule has 0 amide bonds. The Morgan fingerprint density at radius 1 is 1.43 bits per heavy atom. The van der Waals surface area contributed by atoms with E-state index in [1.807, 2.05) is 27.7 Å². The zero-order valence-corrected chi connectivity index (χ0v) is 14.7. The van der Waals surface area contributed by atoms with Gasteiger partial charge < -0.3 is 9.84 Å². The second-order valence-electron chi connectivity index (χ2n) is 8.21. The molecule has 0 aromatic carbocycles. The van der Waals surface area contributed by atoms with Gasteiger partial charge in [-0.05, 0) is 65.7 Å². The minimum atomic E-state index is -0.447. The van der Waals surface area contributed by atoms with Crippen LogP contribution in [0.1, 0.15) is 74.1 Å². The number of carbonyl (C=O) groups excluding carboxylic acids is 1. The molecule has 0 fully saturated rings. The summed E-state index contributed by atoms with van der Waals surface area (Å²) in [4.78, 5) is 11.9. The topological polar surface area (TPSA) is 46.5 Å². The van der Waals surface area contributed by atoms with Crippen molar-refractivity contribution in [3.05, 3.63) is 11.1 Å². The molecule has 3 nitrogen and oxygen atoms in total. The lowest BCUT2D eigenvalue weighted by molar-refractivity contribution is -0.158. The van der Waals surface area contributed by atoms with Crippen molar-refractivity contribution in [2.24, 2.45) is 10.8 Å². The molecule has 3 heteroatoms. The Bertz CT molecular complexity index is 413. The molecule has 0 aromatic rings. The molecule has 0 saturated carbocycles. The van der Waals surface area contributed by atoms with Crippen molar-refractivity contribution in [1.29, 1.82) is 0 Å². The molecule has 0 heterocycles. The molecule has 0 radical (unpaired) electrons. The molecule has 1 rings (SSSR count). The van der Waals surface area contributed by atoms with Gasteiger partial charge in [-0.25, -0.2) is 0 Å². The van der Waals surface area contributed by atoms with Crippen LogP contribution in [0, 0.1) is 10.8 Å². The molecule has 0 saturated heterocycles. The number of aliphatic hydroxyl groups excluding tert-OH is 1. The van der Waals surface area contributed by atoms with Crippen molar-refractivity contribution in [1.82, 2.24) is 0 Å². The summed E-state index contributed by atoms with van der Waals surface area (Å²) in [5.74, 6) is -0.140. The minimum Gasteiger partial charge on any atom is -0.462 e. The molecule has 1 aliphatic rings. The van der Waals surface area contributed by atoms with Crippen molar-refractivity contribution >= 4 is 5.97 Å². The Morgan fingerprint density at radius 2 is 2.00 bits per heavy atom. The van der Waals surface area contributed by atoms with Crippen LogP contribution in [0.15, 0.2) is 11.1 Å². The number of allylic oxidation sites excluding steroid dienone is 1. The van der Waals surface area contributed by atoms with Crippen LogP contribution in [0.4, 0.5) is 0 Å². The summed E-state index contributed by atoms with van der Waals surface area (Å²) in [6.07, 6.45) is 3.07. The maximum absolute atomic E-state index is 11.9. The Hall–Kier alpha value is -0.830. The standard InChI is InChI=1S/C18H32O3/c1-12-10-14(19)11-18(6,7)15(12)9-8-13(2)21-16(20)17(3,4)5/h13-14,19H,8-11H2,1-7H3/t13-,14-/m1/s1. The van der Waals surface area contributed by atoms with E-state index < -0.39 is 5.41 Å². The first-order valence-corrected chi connectivity index (χ1v) is 8.01. The predicted molar refractivity (Wildman–Crippen MR) is 86.0 cm³/mol. The second kappa shape index (κ2) is 6.51. The van der Waals surface area contributed by atoms with Crippen LogP contribution >= 0.6 is 0 Å². The van der Waals surface area contributed by atoms with E-state index in [-0.39, 0.29) is 23.6 Å². The van der Waals surface area contributed by atoms with Crippen molar-refractivity contribution in [3.63, 3.8) is 0 Å². The Labute approximate surface area is 129 Å². The first-order valence-electron chi connectivity index (χ1n) is 8.01. The van der Waals surface area contributed by atoms with Crippen LogP contribution in [0.5, 0.6) is 0 Å². The summed E-state index contributed by atoms with van der Waals surface area (Å²) >= 11 is 0. The molecule has 0 unspecified atom stereocenters. The lowest BCUT2D eigenvalue weighted by Crippen LogP contribution is -2.30. The Morgan fingerprint density at radius 3 is 2.48 bits per heavy atom. The average molecular weight is 296 g/mol. The Kier molecular flexibility index (Phi) is 5.65. The molecule has 2 atom stereocenters. The predicted octanol–water partition coefficient (Wildman–Crippen LogP) is 4.24. The normalized spacial score (nSPS) is 23.9. The van der Waals surface area contributed by atoms with Crippen molar-refractivity contribution in [2.45, 2.75) is 86.4 Å². The summed E-state index contributed by atoms with van der Waals surface area (Å²) in [7, 11) is 0. The number of rotatable bonds is 4. The molecule has 122 valence electrons. The summed E-state index contributed by atoms with van der Waals surface area (Å²) in [5, 5.41) is 9.92. The number of esters is 1. The van der Waals surface area contributed by atoms with Gasteiger partial charge in [-0.3, -0.25) is 4.79 Å². The van der Waals surface area contributed by atoms with Crippen LogP contribution in [-0.2, 0) is 9.53 Å². The lowest BCUT2D eigenvalue weighted by atomic mass is 9.70. The quantitative estimate of drug-likeness (QED) is 0.623. The summed E-state index contributed by atoms with van der Waals surface area (Å²) in [6.45, 7) is 14.1. The smallest absolute Gasteiger partial charge is 0.311 e. The van der Waals surface area contributed by atoms with Crippen molar-refractivity contribution in [3.8, 4) is 0 Å². The maximum atomic E-state index is 11.9. The second-order valence-corrected chi connectivity index (χ2v) is 8.21. The van der Waals surface area contributed by atoms with Gasteiger partial charge in [-0.1, -0.05) is 25.0 Å². The highest BCUT2D eigenvalue weighted by Gasteiger charge is 2.33.